The minimum Gasteiger partial charge on any atom is -0.345 e. The number of rotatable bonds is 8. The Kier molecular flexibility index (Phi) is 7.07. The number of anilines is 1. The zero-order chi connectivity index (χ0) is 24.3. The van der Waals surface area contributed by atoms with E-state index in [9.17, 15) is 13.2 Å². The van der Waals surface area contributed by atoms with Crippen LogP contribution in [0.15, 0.2) is 53.6 Å². The van der Waals surface area contributed by atoms with Gasteiger partial charge in [-0.3, -0.25) is 14.2 Å². The van der Waals surface area contributed by atoms with Crippen LogP contribution in [0.1, 0.15) is 71.4 Å². The summed E-state index contributed by atoms with van der Waals surface area (Å²) >= 11 is 0. The molecule has 1 aromatic heterocycles. The van der Waals surface area contributed by atoms with E-state index < -0.39 is 10.0 Å². The summed E-state index contributed by atoms with van der Waals surface area (Å²) in [4.78, 5) is 13.2. The standard InChI is InChI=1S/C26H32N4O3S/c1-4-5-7-19-11-13-20(14-12-19)29-34(32,33)21-15-10-18(2)22(16-21)26(31)28-24-8-6-9-25-23(24)17-27-30(25)3/h10-17,24,29H,4-9H2,1-3H3,(H,28,31). The van der Waals surface area contributed by atoms with Crippen molar-refractivity contribution in [2.45, 2.75) is 63.3 Å². The molecule has 0 spiro atoms. The van der Waals surface area contributed by atoms with Crippen molar-refractivity contribution < 1.29 is 13.2 Å². The molecule has 34 heavy (non-hydrogen) atoms. The molecule has 4 rings (SSSR count). The Bertz CT molecular complexity index is 1280. The minimum absolute atomic E-state index is 0.0593. The molecule has 0 radical (unpaired) electrons. The highest BCUT2D eigenvalue weighted by Crippen LogP contribution is 2.30. The normalized spacial score (nSPS) is 15.6. The summed E-state index contributed by atoms with van der Waals surface area (Å²) in [6.07, 6.45) is 7.73. The Balaban J connectivity index is 1.51. The summed E-state index contributed by atoms with van der Waals surface area (Å²) in [6, 6.07) is 12.0. The lowest BCUT2D eigenvalue weighted by molar-refractivity contribution is 0.0932. The fraction of sp³-hybridized carbons (Fsp3) is 0.385. The number of unbranched alkanes of at least 4 members (excludes halogenated alkanes) is 1. The van der Waals surface area contributed by atoms with Crippen molar-refractivity contribution in [1.29, 1.82) is 0 Å². The molecule has 0 aliphatic heterocycles. The van der Waals surface area contributed by atoms with Gasteiger partial charge in [0.15, 0.2) is 0 Å². The third-order valence-electron chi connectivity index (χ3n) is 6.47. The summed E-state index contributed by atoms with van der Waals surface area (Å²) < 4.78 is 30.6. The number of sulfonamides is 1. The van der Waals surface area contributed by atoms with Gasteiger partial charge >= 0.3 is 0 Å². The molecule has 1 aliphatic carbocycles. The molecule has 1 unspecified atom stereocenters. The maximum Gasteiger partial charge on any atom is 0.261 e. The molecule has 0 fully saturated rings. The first-order valence-corrected chi connectivity index (χ1v) is 13.3. The maximum atomic E-state index is 13.2. The first kappa shape index (κ1) is 24.0. The highest BCUT2D eigenvalue weighted by atomic mass is 32.2. The number of carbonyl (C=O) groups is 1. The third-order valence-corrected chi connectivity index (χ3v) is 7.85. The number of hydrogen-bond acceptors (Lipinski definition) is 4. The van der Waals surface area contributed by atoms with Crippen molar-refractivity contribution in [1.82, 2.24) is 15.1 Å². The Morgan fingerprint density at radius 1 is 1.18 bits per heavy atom. The monoisotopic (exact) mass is 480 g/mol. The summed E-state index contributed by atoms with van der Waals surface area (Å²) in [7, 11) is -1.93. The lowest BCUT2D eigenvalue weighted by Crippen LogP contribution is -2.31. The van der Waals surface area contributed by atoms with Gasteiger partial charge in [0.25, 0.3) is 15.9 Å². The average Bonchev–Trinajstić information content (AvgIpc) is 3.20. The lowest BCUT2D eigenvalue weighted by atomic mass is 9.92. The number of carbonyl (C=O) groups excluding carboxylic acids is 1. The number of aryl methyl sites for hydroxylation is 3. The Labute approximate surface area is 201 Å². The van der Waals surface area contributed by atoms with Gasteiger partial charge in [-0.25, -0.2) is 8.42 Å². The maximum absolute atomic E-state index is 13.2. The van der Waals surface area contributed by atoms with Crippen LogP contribution in [0.4, 0.5) is 5.69 Å². The summed E-state index contributed by atoms with van der Waals surface area (Å²) in [5, 5.41) is 7.42. The molecule has 2 N–H and O–H groups in total. The summed E-state index contributed by atoms with van der Waals surface area (Å²) in [5.74, 6) is -0.281. The Hall–Kier alpha value is -3.13. The molecule has 0 saturated heterocycles. The SMILES string of the molecule is CCCCc1ccc(NS(=O)(=O)c2ccc(C)c(C(=O)NC3CCCc4c3cnn4C)c2)cc1. The lowest BCUT2D eigenvalue weighted by Gasteiger charge is -2.24. The number of aromatic nitrogens is 2. The van der Waals surface area contributed by atoms with E-state index in [1.54, 1.807) is 18.2 Å². The van der Waals surface area contributed by atoms with Crippen LogP contribution in [-0.2, 0) is 29.9 Å². The Morgan fingerprint density at radius 2 is 1.94 bits per heavy atom. The molecule has 1 heterocycles. The molecular weight excluding hydrogens is 448 g/mol. The van der Waals surface area contributed by atoms with Gasteiger partial charge in [-0.15, -0.1) is 0 Å². The van der Waals surface area contributed by atoms with Crippen molar-refractivity contribution in [2.24, 2.45) is 7.05 Å². The molecule has 8 heteroatoms. The van der Waals surface area contributed by atoms with Crippen molar-refractivity contribution in [3.05, 3.63) is 76.6 Å². The van der Waals surface area contributed by atoms with Gasteiger partial charge < -0.3 is 5.32 Å². The molecule has 1 amide bonds. The number of amides is 1. The van der Waals surface area contributed by atoms with Gasteiger partial charge in [-0.2, -0.15) is 5.10 Å². The van der Waals surface area contributed by atoms with Crippen molar-refractivity contribution in [3.8, 4) is 0 Å². The zero-order valence-corrected chi connectivity index (χ0v) is 20.8. The van der Waals surface area contributed by atoms with E-state index in [0.29, 0.717) is 11.3 Å². The number of nitrogens with one attached hydrogen (secondary N) is 2. The number of nitrogens with zero attached hydrogens (tertiary/aromatic N) is 2. The van der Waals surface area contributed by atoms with Gasteiger partial charge in [0.2, 0.25) is 0 Å². The highest BCUT2D eigenvalue weighted by molar-refractivity contribution is 7.92. The van der Waals surface area contributed by atoms with Gasteiger partial charge in [-0.1, -0.05) is 31.5 Å². The van der Waals surface area contributed by atoms with Crippen molar-refractivity contribution >= 4 is 21.6 Å². The average molecular weight is 481 g/mol. The molecule has 1 atom stereocenters. The smallest absolute Gasteiger partial charge is 0.261 e. The van der Waals surface area contributed by atoms with E-state index in [2.05, 4.69) is 22.1 Å². The molecule has 1 aliphatic rings. The topological polar surface area (TPSA) is 93.1 Å². The van der Waals surface area contributed by atoms with Gasteiger partial charge in [-0.05, 0) is 74.4 Å². The van der Waals surface area contributed by atoms with E-state index >= 15 is 0 Å². The largest absolute Gasteiger partial charge is 0.345 e. The fourth-order valence-corrected chi connectivity index (χ4v) is 5.52. The molecule has 180 valence electrons. The minimum atomic E-state index is -3.84. The Morgan fingerprint density at radius 3 is 2.68 bits per heavy atom. The number of hydrogen-bond donors (Lipinski definition) is 2. The molecular formula is C26H32N4O3S. The van der Waals surface area contributed by atoms with Crippen LogP contribution >= 0.6 is 0 Å². The van der Waals surface area contributed by atoms with Gasteiger partial charge in [0, 0.05) is 29.6 Å². The highest BCUT2D eigenvalue weighted by Gasteiger charge is 2.26. The first-order valence-electron chi connectivity index (χ1n) is 11.8. The van der Waals surface area contributed by atoms with Crippen LogP contribution in [0.5, 0.6) is 0 Å². The van der Waals surface area contributed by atoms with Crippen molar-refractivity contribution in [2.75, 3.05) is 4.72 Å². The summed E-state index contributed by atoms with van der Waals surface area (Å²) in [6.45, 7) is 3.95. The van der Waals surface area contributed by atoms with Crippen LogP contribution in [0.2, 0.25) is 0 Å². The second-order valence-electron chi connectivity index (χ2n) is 8.97. The molecule has 7 nitrogen and oxygen atoms in total. The summed E-state index contributed by atoms with van der Waals surface area (Å²) in [5.41, 5.74) is 4.92. The predicted octanol–water partition coefficient (Wildman–Crippen LogP) is 4.68. The number of benzene rings is 2. The third kappa shape index (κ3) is 5.17. The second-order valence-corrected chi connectivity index (χ2v) is 10.7. The van der Waals surface area contributed by atoms with Crippen LogP contribution in [0.3, 0.4) is 0 Å². The van der Waals surface area contributed by atoms with Crippen LogP contribution < -0.4 is 10.0 Å². The van der Waals surface area contributed by atoms with E-state index in [4.69, 9.17) is 0 Å². The second kappa shape index (κ2) is 10.0. The van der Waals surface area contributed by atoms with Crippen molar-refractivity contribution in [3.63, 3.8) is 0 Å². The first-order chi connectivity index (χ1) is 16.3. The van der Waals surface area contributed by atoms with E-state index in [0.717, 1.165) is 55.3 Å². The fourth-order valence-electron chi connectivity index (χ4n) is 4.44. The van der Waals surface area contributed by atoms with Crippen LogP contribution in [0, 0.1) is 6.92 Å². The van der Waals surface area contributed by atoms with E-state index in [1.807, 2.05) is 37.0 Å². The number of fused-ring (bicyclic) bond motifs is 1. The van der Waals surface area contributed by atoms with Crippen LogP contribution in [0.25, 0.3) is 0 Å². The van der Waals surface area contributed by atoms with Gasteiger partial charge in [0.1, 0.15) is 0 Å². The van der Waals surface area contributed by atoms with Crippen LogP contribution in [-0.4, -0.2) is 24.1 Å². The molecule has 0 bridgehead atoms. The van der Waals surface area contributed by atoms with E-state index in [-0.39, 0.29) is 16.8 Å². The zero-order valence-electron chi connectivity index (χ0n) is 20.0. The molecule has 3 aromatic rings. The van der Waals surface area contributed by atoms with E-state index in [1.165, 1.54) is 17.7 Å². The quantitative estimate of drug-likeness (QED) is 0.490. The molecule has 2 aromatic carbocycles. The van der Waals surface area contributed by atoms with Gasteiger partial charge in [0.05, 0.1) is 17.1 Å². The predicted molar refractivity (Wildman–Crippen MR) is 133 cm³/mol. The molecule has 0 saturated carbocycles.